The first-order valence-corrected chi connectivity index (χ1v) is 6.42. The monoisotopic (exact) mass is 235 g/mol. The molecule has 0 spiro atoms. The van der Waals surface area contributed by atoms with Crippen LogP contribution in [0.2, 0.25) is 0 Å². The molecule has 0 aliphatic heterocycles. The highest BCUT2D eigenvalue weighted by atomic mass is 32.2. The van der Waals surface area contributed by atoms with Crippen LogP contribution in [0.4, 0.5) is 0 Å². The number of rotatable bonds is 4. The number of aryl methyl sites for hydroxylation is 1. The van der Waals surface area contributed by atoms with Crippen molar-refractivity contribution in [3.8, 4) is 0 Å². The van der Waals surface area contributed by atoms with Gasteiger partial charge in [-0.3, -0.25) is 4.79 Å². The molecule has 1 N–H and O–H groups in total. The van der Waals surface area contributed by atoms with Crippen molar-refractivity contribution in [2.24, 2.45) is 0 Å². The van der Waals surface area contributed by atoms with Crippen LogP contribution in [-0.4, -0.2) is 30.2 Å². The van der Waals surface area contributed by atoms with E-state index >= 15 is 0 Å². The molecule has 1 rings (SSSR count). The summed E-state index contributed by atoms with van der Waals surface area (Å²) in [5.74, 6) is -2.47. The fourth-order valence-corrected chi connectivity index (χ4v) is 3.18. The first-order chi connectivity index (χ1) is 6.39. The van der Waals surface area contributed by atoms with E-state index in [4.69, 9.17) is 5.11 Å². The van der Waals surface area contributed by atoms with E-state index in [0.29, 0.717) is 5.01 Å². The molecule has 0 bridgehead atoms. The molecule has 5 nitrogen and oxygen atoms in total. The molecule has 1 aromatic heterocycles. The summed E-state index contributed by atoms with van der Waals surface area (Å²) in [7, 11) is -3.57. The van der Waals surface area contributed by atoms with E-state index in [-0.39, 0.29) is 5.75 Å². The second-order valence-electron chi connectivity index (χ2n) is 2.81. The third kappa shape index (κ3) is 3.43. The molecular weight excluding hydrogens is 226 g/mol. The summed E-state index contributed by atoms with van der Waals surface area (Å²) in [6.45, 7) is 1.75. The van der Waals surface area contributed by atoms with E-state index in [1.54, 1.807) is 12.3 Å². The zero-order chi connectivity index (χ0) is 10.8. The van der Waals surface area contributed by atoms with Crippen molar-refractivity contribution >= 4 is 27.1 Å². The maximum absolute atomic E-state index is 11.2. The SMILES string of the molecule is Cc1csc(CS(=O)(=O)CC(=O)O)n1. The molecule has 78 valence electrons. The molecule has 7 heteroatoms. The van der Waals surface area contributed by atoms with Crippen molar-refractivity contribution in [2.45, 2.75) is 12.7 Å². The van der Waals surface area contributed by atoms with Gasteiger partial charge in [0.15, 0.2) is 9.84 Å². The number of sulfone groups is 1. The second kappa shape index (κ2) is 4.05. The van der Waals surface area contributed by atoms with Gasteiger partial charge in [0.1, 0.15) is 16.5 Å². The number of carboxylic acids is 1. The lowest BCUT2D eigenvalue weighted by atomic mass is 10.6. The van der Waals surface area contributed by atoms with Crippen LogP contribution in [0.5, 0.6) is 0 Å². The van der Waals surface area contributed by atoms with Gasteiger partial charge in [-0.15, -0.1) is 11.3 Å². The number of nitrogens with zero attached hydrogens (tertiary/aromatic N) is 1. The van der Waals surface area contributed by atoms with Gasteiger partial charge in [-0.2, -0.15) is 0 Å². The van der Waals surface area contributed by atoms with Gasteiger partial charge in [-0.25, -0.2) is 13.4 Å². The normalized spacial score (nSPS) is 11.5. The first-order valence-electron chi connectivity index (χ1n) is 3.72. The summed E-state index contributed by atoms with van der Waals surface area (Å²) in [5.41, 5.74) is 0.746. The molecule has 0 atom stereocenters. The zero-order valence-corrected chi connectivity index (χ0v) is 9.06. The highest BCUT2D eigenvalue weighted by molar-refractivity contribution is 7.91. The summed E-state index contributed by atoms with van der Waals surface area (Å²) < 4.78 is 22.4. The third-order valence-corrected chi connectivity index (χ3v) is 3.90. The van der Waals surface area contributed by atoms with Gasteiger partial charge in [0.05, 0.1) is 0 Å². The minimum absolute atomic E-state index is 0.294. The minimum atomic E-state index is -3.57. The van der Waals surface area contributed by atoms with Gasteiger partial charge in [-0.1, -0.05) is 0 Å². The standard InChI is InChI=1S/C7H9NO4S2/c1-5-2-13-6(8-5)3-14(11,12)4-7(9)10/h2H,3-4H2,1H3,(H,9,10). The number of aromatic nitrogens is 1. The van der Waals surface area contributed by atoms with E-state index < -0.39 is 21.6 Å². The molecule has 0 saturated carbocycles. The summed E-state index contributed by atoms with van der Waals surface area (Å²) in [6, 6.07) is 0. The zero-order valence-electron chi connectivity index (χ0n) is 7.43. The van der Waals surface area contributed by atoms with Crippen LogP contribution in [0.1, 0.15) is 10.7 Å². The van der Waals surface area contributed by atoms with Crippen molar-refractivity contribution < 1.29 is 18.3 Å². The molecule has 0 amide bonds. The Morgan fingerprint density at radius 1 is 1.64 bits per heavy atom. The molecule has 0 aliphatic carbocycles. The Balaban J connectivity index is 2.73. The van der Waals surface area contributed by atoms with Crippen molar-refractivity contribution in [1.29, 1.82) is 0 Å². The minimum Gasteiger partial charge on any atom is -0.480 e. The Hall–Kier alpha value is -0.950. The number of aliphatic carboxylic acids is 1. The molecular formula is C7H9NO4S2. The molecule has 0 saturated heterocycles. The largest absolute Gasteiger partial charge is 0.480 e. The van der Waals surface area contributed by atoms with Crippen LogP contribution in [0.15, 0.2) is 5.38 Å². The molecule has 1 aromatic rings. The van der Waals surface area contributed by atoms with Crippen LogP contribution in [0.3, 0.4) is 0 Å². The van der Waals surface area contributed by atoms with Crippen molar-refractivity contribution in [3.63, 3.8) is 0 Å². The molecule has 0 unspecified atom stereocenters. The number of hydrogen-bond acceptors (Lipinski definition) is 5. The molecule has 0 radical (unpaired) electrons. The maximum atomic E-state index is 11.2. The fourth-order valence-electron chi connectivity index (χ4n) is 0.896. The molecule has 0 fully saturated rings. The summed E-state index contributed by atoms with van der Waals surface area (Å²) in [6.07, 6.45) is 0. The lowest BCUT2D eigenvalue weighted by Gasteiger charge is -1.96. The number of carbonyl (C=O) groups is 1. The van der Waals surface area contributed by atoms with Crippen molar-refractivity contribution in [2.75, 3.05) is 5.75 Å². The lowest BCUT2D eigenvalue weighted by molar-refractivity contribution is -0.134. The van der Waals surface area contributed by atoms with Crippen LogP contribution >= 0.6 is 11.3 Å². The topological polar surface area (TPSA) is 84.3 Å². The van der Waals surface area contributed by atoms with Crippen LogP contribution in [-0.2, 0) is 20.4 Å². The lowest BCUT2D eigenvalue weighted by Crippen LogP contribution is -2.16. The molecule has 0 aliphatic rings. The predicted octanol–water partition coefficient (Wildman–Crippen LogP) is 0.451. The van der Waals surface area contributed by atoms with Gasteiger partial charge in [-0.05, 0) is 6.92 Å². The highest BCUT2D eigenvalue weighted by Gasteiger charge is 2.18. The van der Waals surface area contributed by atoms with Crippen LogP contribution < -0.4 is 0 Å². The first kappa shape index (κ1) is 11.1. The third-order valence-electron chi connectivity index (χ3n) is 1.35. The summed E-state index contributed by atoms with van der Waals surface area (Å²) in [5, 5.41) is 10.5. The average molecular weight is 235 g/mol. The Morgan fingerprint density at radius 2 is 2.29 bits per heavy atom. The van der Waals surface area contributed by atoms with Gasteiger partial charge < -0.3 is 5.11 Å². The number of carboxylic acid groups (broad SMARTS) is 1. The predicted molar refractivity (Wildman–Crippen MR) is 52.0 cm³/mol. The summed E-state index contributed by atoms with van der Waals surface area (Å²) in [4.78, 5) is 14.2. The Morgan fingerprint density at radius 3 is 2.71 bits per heavy atom. The van der Waals surface area contributed by atoms with Crippen LogP contribution in [0, 0.1) is 6.92 Å². The van der Waals surface area contributed by atoms with Gasteiger partial charge >= 0.3 is 5.97 Å². The van der Waals surface area contributed by atoms with E-state index in [1.807, 2.05) is 0 Å². The van der Waals surface area contributed by atoms with E-state index in [9.17, 15) is 13.2 Å². The van der Waals surface area contributed by atoms with Gasteiger partial charge in [0.2, 0.25) is 0 Å². The molecule has 0 aromatic carbocycles. The summed E-state index contributed by atoms with van der Waals surface area (Å²) >= 11 is 1.22. The highest BCUT2D eigenvalue weighted by Crippen LogP contribution is 2.12. The van der Waals surface area contributed by atoms with Crippen molar-refractivity contribution in [1.82, 2.24) is 4.98 Å². The smallest absolute Gasteiger partial charge is 0.318 e. The Kier molecular flexibility index (Phi) is 3.22. The fraction of sp³-hybridized carbons (Fsp3) is 0.429. The Bertz CT molecular complexity index is 434. The van der Waals surface area contributed by atoms with E-state index in [0.717, 1.165) is 5.69 Å². The van der Waals surface area contributed by atoms with E-state index in [2.05, 4.69) is 4.98 Å². The van der Waals surface area contributed by atoms with Crippen LogP contribution in [0.25, 0.3) is 0 Å². The maximum Gasteiger partial charge on any atom is 0.318 e. The molecule has 1 heterocycles. The molecule has 14 heavy (non-hydrogen) atoms. The van der Waals surface area contributed by atoms with Gasteiger partial charge in [0, 0.05) is 11.1 Å². The number of thiazole rings is 1. The quantitative estimate of drug-likeness (QED) is 0.819. The van der Waals surface area contributed by atoms with Crippen molar-refractivity contribution in [3.05, 3.63) is 16.1 Å². The second-order valence-corrected chi connectivity index (χ2v) is 5.82. The number of hydrogen-bond donors (Lipinski definition) is 1. The van der Waals surface area contributed by atoms with Gasteiger partial charge in [0.25, 0.3) is 0 Å². The average Bonchev–Trinajstić information content (AvgIpc) is 2.30. The van der Waals surface area contributed by atoms with E-state index in [1.165, 1.54) is 11.3 Å². The Labute approximate surface area is 85.3 Å².